The highest BCUT2D eigenvalue weighted by atomic mass is 16.4. The second-order valence-electron chi connectivity index (χ2n) is 14.7. The van der Waals surface area contributed by atoms with Gasteiger partial charge in [-0.05, 0) is 116 Å². The number of hydrogen-bond acceptors (Lipinski definition) is 3. The number of hydrogen-bond donors (Lipinski definition) is 3. The van der Waals surface area contributed by atoms with Crippen molar-refractivity contribution in [2.75, 3.05) is 0 Å². The molecule has 0 saturated heterocycles. The fraction of sp³-hybridized carbons (Fsp3) is 0.900. The first kappa shape index (κ1) is 24.8. The van der Waals surface area contributed by atoms with Crippen molar-refractivity contribution >= 4 is 5.97 Å². The van der Waals surface area contributed by atoms with Crippen LogP contribution >= 0.6 is 0 Å². The monoisotopic (exact) mass is 472 g/mol. The van der Waals surface area contributed by atoms with E-state index in [1.807, 2.05) is 0 Å². The molecule has 0 amide bonds. The summed E-state index contributed by atoms with van der Waals surface area (Å²) in [5, 5.41) is 32.4. The zero-order valence-corrected chi connectivity index (χ0v) is 22.4. The maximum Gasteiger partial charge on any atom is 0.309 e. The third-order valence-electron chi connectivity index (χ3n) is 13.4. The molecule has 0 bridgehead atoms. The summed E-state index contributed by atoms with van der Waals surface area (Å²) in [5.74, 6) is 1.24. The minimum atomic E-state index is -0.669. The molecule has 192 valence electrons. The number of allylic oxidation sites excluding steroid dienone is 1. The Labute approximate surface area is 206 Å². The summed E-state index contributed by atoms with van der Waals surface area (Å²) in [5.41, 5.74) is 0.501. The molecule has 11 atom stereocenters. The minimum absolute atomic E-state index is 0.00606. The lowest BCUT2D eigenvalue weighted by Crippen LogP contribution is -2.68. The molecule has 0 aliphatic heterocycles. The highest BCUT2D eigenvalue weighted by molar-refractivity contribution is 5.76. The first-order chi connectivity index (χ1) is 15.7. The summed E-state index contributed by atoms with van der Waals surface area (Å²) in [6.45, 7) is 18.2. The van der Waals surface area contributed by atoms with Crippen LogP contribution in [0.5, 0.6) is 0 Å². The van der Waals surface area contributed by atoms with E-state index < -0.39 is 23.6 Å². The number of rotatable bonds is 2. The Balaban J connectivity index is 1.57. The van der Waals surface area contributed by atoms with Gasteiger partial charge in [0.05, 0.1) is 17.6 Å². The van der Waals surface area contributed by atoms with Crippen LogP contribution in [0, 0.1) is 56.7 Å². The second-order valence-corrected chi connectivity index (χ2v) is 14.7. The number of carbonyl (C=O) groups is 1. The highest BCUT2D eigenvalue weighted by Gasteiger charge is 2.72. The van der Waals surface area contributed by atoms with Crippen LogP contribution in [-0.4, -0.2) is 33.5 Å². The quantitative estimate of drug-likeness (QED) is 0.427. The lowest BCUT2D eigenvalue weighted by Gasteiger charge is -2.73. The van der Waals surface area contributed by atoms with Gasteiger partial charge in [-0.3, -0.25) is 4.79 Å². The summed E-state index contributed by atoms with van der Waals surface area (Å²) >= 11 is 0. The van der Waals surface area contributed by atoms with Gasteiger partial charge in [0.2, 0.25) is 0 Å². The normalized spacial score (nSPS) is 55.9. The van der Waals surface area contributed by atoms with Gasteiger partial charge in [0.1, 0.15) is 0 Å². The zero-order valence-electron chi connectivity index (χ0n) is 22.4. The molecule has 34 heavy (non-hydrogen) atoms. The highest BCUT2D eigenvalue weighted by Crippen LogP contribution is 2.77. The van der Waals surface area contributed by atoms with Gasteiger partial charge in [0.25, 0.3) is 0 Å². The molecule has 5 saturated carbocycles. The van der Waals surface area contributed by atoms with Gasteiger partial charge < -0.3 is 15.3 Å². The van der Waals surface area contributed by atoms with E-state index in [-0.39, 0.29) is 27.6 Å². The maximum absolute atomic E-state index is 12.8. The molecular formula is C30H48O4. The first-order valence-corrected chi connectivity index (χ1v) is 13.9. The Morgan fingerprint density at radius 3 is 2.15 bits per heavy atom. The van der Waals surface area contributed by atoms with E-state index in [2.05, 4.69) is 48.1 Å². The molecule has 0 aromatic heterocycles. The molecule has 0 aromatic carbocycles. The van der Waals surface area contributed by atoms with Crippen molar-refractivity contribution in [3.63, 3.8) is 0 Å². The summed E-state index contributed by atoms with van der Waals surface area (Å²) in [4.78, 5) is 12.8. The number of aliphatic hydroxyl groups excluding tert-OH is 2. The van der Waals surface area contributed by atoms with Crippen LogP contribution in [0.3, 0.4) is 0 Å². The van der Waals surface area contributed by atoms with Crippen LogP contribution in [0.25, 0.3) is 0 Å². The summed E-state index contributed by atoms with van der Waals surface area (Å²) in [7, 11) is 0. The Morgan fingerprint density at radius 1 is 0.853 bits per heavy atom. The number of fused-ring (bicyclic) bond motifs is 7. The topological polar surface area (TPSA) is 77.8 Å². The largest absolute Gasteiger partial charge is 0.481 e. The fourth-order valence-corrected chi connectivity index (χ4v) is 11.7. The standard InChI is InChI=1S/C30H48O4/c1-17(2)18-10-13-30(25(33)34)15-14-28(6)19(23(18)30)8-9-22-27(5)16-20(31)24(32)26(3,4)21(27)11-12-29(22,28)7/h18-24,31-32H,1,8-16H2,2-7H3,(H,33,34)/t18?,19-,20?,21+,22-,23-,24?,27+,28-,29-,30+/m1/s1. The Hall–Kier alpha value is -0.870. The summed E-state index contributed by atoms with van der Waals surface area (Å²) in [6, 6.07) is 0. The van der Waals surface area contributed by atoms with Crippen LogP contribution in [0.15, 0.2) is 12.2 Å². The zero-order chi connectivity index (χ0) is 25.1. The summed E-state index contributed by atoms with van der Waals surface area (Å²) in [6.07, 6.45) is 7.32. The van der Waals surface area contributed by atoms with Crippen LogP contribution in [0.4, 0.5) is 0 Å². The minimum Gasteiger partial charge on any atom is -0.481 e. The summed E-state index contributed by atoms with van der Waals surface area (Å²) < 4.78 is 0. The Kier molecular flexibility index (Phi) is 5.36. The average molecular weight is 473 g/mol. The van der Waals surface area contributed by atoms with Crippen LogP contribution in [0.2, 0.25) is 0 Å². The fourth-order valence-electron chi connectivity index (χ4n) is 11.7. The number of aliphatic hydroxyl groups is 2. The van der Waals surface area contributed by atoms with E-state index in [9.17, 15) is 20.1 Å². The van der Waals surface area contributed by atoms with Crippen molar-refractivity contribution in [3.05, 3.63) is 12.2 Å². The lowest BCUT2D eigenvalue weighted by atomic mass is 9.32. The van der Waals surface area contributed by atoms with E-state index >= 15 is 0 Å². The predicted molar refractivity (Wildman–Crippen MR) is 134 cm³/mol. The number of carboxylic acid groups (broad SMARTS) is 1. The van der Waals surface area contributed by atoms with Gasteiger partial charge in [-0.15, -0.1) is 0 Å². The van der Waals surface area contributed by atoms with Crippen molar-refractivity contribution < 1.29 is 20.1 Å². The molecule has 3 unspecified atom stereocenters. The van der Waals surface area contributed by atoms with Crippen molar-refractivity contribution in [1.82, 2.24) is 0 Å². The third kappa shape index (κ3) is 2.76. The molecule has 0 aromatic rings. The van der Waals surface area contributed by atoms with E-state index in [0.29, 0.717) is 30.1 Å². The van der Waals surface area contributed by atoms with Crippen molar-refractivity contribution in [1.29, 1.82) is 0 Å². The van der Waals surface area contributed by atoms with Gasteiger partial charge in [0, 0.05) is 0 Å². The molecular weight excluding hydrogens is 424 g/mol. The number of carboxylic acids is 1. The van der Waals surface area contributed by atoms with Crippen LogP contribution in [-0.2, 0) is 4.79 Å². The van der Waals surface area contributed by atoms with Crippen LogP contribution < -0.4 is 0 Å². The van der Waals surface area contributed by atoms with E-state index in [4.69, 9.17) is 0 Å². The van der Waals surface area contributed by atoms with Gasteiger partial charge in [-0.25, -0.2) is 0 Å². The molecule has 5 fully saturated rings. The molecule has 0 heterocycles. The second kappa shape index (κ2) is 7.34. The Bertz CT molecular complexity index is 894. The maximum atomic E-state index is 12.8. The lowest BCUT2D eigenvalue weighted by molar-refractivity contribution is -0.263. The third-order valence-corrected chi connectivity index (χ3v) is 13.4. The molecule has 5 aliphatic rings. The van der Waals surface area contributed by atoms with E-state index in [1.165, 1.54) is 5.57 Å². The smallest absolute Gasteiger partial charge is 0.309 e. The molecule has 3 N–H and O–H groups in total. The molecule has 5 rings (SSSR count). The van der Waals surface area contributed by atoms with Crippen molar-refractivity contribution in [2.24, 2.45) is 56.7 Å². The van der Waals surface area contributed by atoms with Crippen LogP contribution in [0.1, 0.15) is 99.3 Å². The van der Waals surface area contributed by atoms with E-state index in [1.54, 1.807) is 0 Å². The van der Waals surface area contributed by atoms with Crippen molar-refractivity contribution in [3.8, 4) is 0 Å². The predicted octanol–water partition coefficient (Wildman–Crippen LogP) is 6.06. The molecule has 4 heteroatoms. The first-order valence-electron chi connectivity index (χ1n) is 13.9. The van der Waals surface area contributed by atoms with Gasteiger partial charge in [-0.2, -0.15) is 0 Å². The van der Waals surface area contributed by atoms with Gasteiger partial charge in [-0.1, -0.05) is 46.8 Å². The number of aliphatic carboxylic acids is 1. The van der Waals surface area contributed by atoms with Gasteiger partial charge >= 0.3 is 5.97 Å². The van der Waals surface area contributed by atoms with Gasteiger partial charge in [0.15, 0.2) is 0 Å². The van der Waals surface area contributed by atoms with Crippen molar-refractivity contribution in [2.45, 2.75) is 112 Å². The van der Waals surface area contributed by atoms with E-state index in [0.717, 1.165) is 51.4 Å². The average Bonchev–Trinajstić information content (AvgIpc) is 3.14. The SMILES string of the molecule is C=C(C)C1CC[C@]2(C(=O)O)CC[C@]3(C)[C@H](CC[C@@H]4[C@@]5(C)CC(O)C(O)C(C)(C)[C@@H]5CC[C@]43C)[C@@H]12. The molecule has 5 aliphatic carbocycles. The molecule has 0 spiro atoms. The molecule has 4 nitrogen and oxygen atoms in total. The molecule has 0 radical (unpaired) electrons. The Morgan fingerprint density at radius 2 is 1.53 bits per heavy atom.